The minimum Gasteiger partial charge on any atom is -0.459 e. The van der Waals surface area contributed by atoms with Crippen molar-refractivity contribution in [3.8, 4) is 0 Å². The highest BCUT2D eigenvalue weighted by atomic mass is 19.2. The third-order valence-electron chi connectivity index (χ3n) is 4.52. The number of hydrogen-bond donors (Lipinski definition) is 0. The summed E-state index contributed by atoms with van der Waals surface area (Å²) in [6.45, 7) is 4.17. The number of unbranched alkanes of at least 4 members (excludes halogenated alkanes) is 7. The lowest BCUT2D eigenvalue weighted by atomic mass is 10.0. The van der Waals surface area contributed by atoms with E-state index in [1.807, 2.05) is 6.92 Å². The Bertz CT molecular complexity index is 546. The maximum absolute atomic E-state index is 13.7. The molecule has 0 radical (unpaired) electrons. The van der Waals surface area contributed by atoms with Gasteiger partial charge in [0.15, 0.2) is 17.5 Å². The predicted octanol–water partition coefficient (Wildman–Crippen LogP) is 6.96. The average Bonchev–Trinajstić information content (AvgIpc) is 2.62. The molecule has 0 aromatic heterocycles. The first-order chi connectivity index (χ1) is 12.5. The summed E-state index contributed by atoms with van der Waals surface area (Å²) in [5, 5.41) is 0. The smallest absolute Gasteiger partial charge is 0.341 e. The molecule has 0 heterocycles. The van der Waals surface area contributed by atoms with Crippen molar-refractivity contribution in [1.82, 2.24) is 0 Å². The monoisotopic (exact) mass is 372 g/mol. The lowest BCUT2D eigenvalue weighted by molar-refractivity contribution is 0.0247. The fraction of sp³-hybridized carbons (Fsp3) is 0.667. The zero-order chi connectivity index (χ0) is 19.4. The standard InChI is InChI=1S/C21H31F3O2/c1-3-5-6-7-8-9-10-11-13-16(12-4-2)26-21(25)17-14-15-18(22)20(24)19(17)23/h14-16H,3-13H2,1-2H3. The first-order valence-electron chi connectivity index (χ1n) is 9.85. The Morgan fingerprint density at radius 3 is 2.08 bits per heavy atom. The number of rotatable bonds is 13. The van der Waals surface area contributed by atoms with Crippen molar-refractivity contribution in [1.29, 1.82) is 0 Å². The Morgan fingerprint density at radius 1 is 0.846 bits per heavy atom. The van der Waals surface area contributed by atoms with Crippen molar-refractivity contribution in [3.05, 3.63) is 35.1 Å². The first kappa shape index (κ1) is 22.5. The van der Waals surface area contributed by atoms with Gasteiger partial charge in [-0.15, -0.1) is 0 Å². The molecule has 0 saturated heterocycles. The molecule has 2 nitrogen and oxygen atoms in total. The maximum atomic E-state index is 13.7. The number of halogens is 3. The molecule has 0 saturated carbocycles. The van der Waals surface area contributed by atoms with Crippen LogP contribution in [0.5, 0.6) is 0 Å². The fourth-order valence-electron chi connectivity index (χ4n) is 2.99. The maximum Gasteiger partial charge on any atom is 0.341 e. The predicted molar refractivity (Wildman–Crippen MR) is 97.7 cm³/mol. The van der Waals surface area contributed by atoms with Crippen molar-refractivity contribution >= 4 is 5.97 Å². The molecule has 0 fully saturated rings. The van der Waals surface area contributed by atoms with Crippen molar-refractivity contribution in [3.63, 3.8) is 0 Å². The lowest BCUT2D eigenvalue weighted by Crippen LogP contribution is -2.19. The van der Waals surface area contributed by atoms with Crippen molar-refractivity contribution in [2.45, 2.75) is 90.6 Å². The second-order valence-electron chi connectivity index (χ2n) is 6.80. The van der Waals surface area contributed by atoms with E-state index in [-0.39, 0.29) is 6.10 Å². The molecule has 1 unspecified atom stereocenters. The van der Waals surface area contributed by atoms with Crippen LogP contribution in [0.1, 0.15) is 94.8 Å². The van der Waals surface area contributed by atoms with E-state index in [2.05, 4.69) is 6.92 Å². The molecule has 1 rings (SSSR count). The van der Waals surface area contributed by atoms with Gasteiger partial charge >= 0.3 is 5.97 Å². The minimum atomic E-state index is -1.64. The minimum absolute atomic E-state index is 0.319. The summed E-state index contributed by atoms with van der Waals surface area (Å²) in [5.74, 6) is -5.38. The van der Waals surface area contributed by atoms with Crippen LogP contribution in [0, 0.1) is 17.5 Å². The molecule has 0 aliphatic rings. The third kappa shape index (κ3) is 7.79. The third-order valence-corrected chi connectivity index (χ3v) is 4.52. The molecule has 0 aliphatic carbocycles. The second-order valence-corrected chi connectivity index (χ2v) is 6.80. The first-order valence-corrected chi connectivity index (χ1v) is 9.85. The van der Waals surface area contributed by atoms with Gasteiger partial charge in [-0.3, -0.25) is 0 Å². The highest BCUT2D eigenvalue weighted by molar-refractivity contribution is 5.89. The van der Waals surface area contributed by atoms with E-state index in [4.69, 9.17) is 4.74 Å². The van der Waals surface area contributed by atoms with Crippen molar-refractivity contribution < 1.29 is 22.7 Å². The molecule has 1 aromatic rings. The number of carbonyl (C=O) groups is 1. The average molecular weight is 372 g/mol. The molecule has 0 aliphatic heterocycles. The molecule has 5 heteroatoms. The van der Waals surface area contributed by atoms with Crippen LogP contribution in [0.4, 0.5) is 13.2 Å². The molecule has 1 aromatic carbocycles. The highest BCUT2D eigenvalue weighted by Gasteiger charge is 2.22. The fourth-order valence-corrected chi connectivity index (χ4v) is 2.99. The van der Waals surface area contributed by atoms with Gasteiger partial charge in [-0.2, -0.15) is 0 Å². The van der Waals surface area contributed by atoms with Gasteiger partial charge in [0.1, 0.15) is 6.10 Å². The van der Waals surface area contributed by atoms with Crippen LogP contribution in [0.15, 0.2) is 12.1 Å². The van der Waals surface area contributed by atoms with Gasteiger partial charge in [-0.05, 0) is 31.4 Å². The van der Waals surface area contributed by atoms with Crippen LogP contribution < -0.4 is 0 Å². The second kappa shape index (κ2) is 12.8. The molecular formula is C21H31F3O2. The summed E-state index contributed by atoms with van der Waals surface area (Å²) < 4.78 is 45.3. The summed E-state index contributed by atoms with van der Waals surface area (Å²) in [5.41, 5.74) is -0.555. The molecule has 0 bridgehead atoms. The van der Waals surface area contributed by atoms with Crippen LogP contribution >= 0.6 is 0 Å². The molecule has 1 atom stereocenters. The molecule has 148 valence electrons. The molecule has 0 amide bonds. The molecular weight excluding hydrogens is 341 g/mol. The summed E-state index contributed by atoms with van der Waals surface area (Å²) >= 11 is 0. The Hall–Kier alpha value is -1.52. The Balaban J connectivity index is 2.42. The van der Waals surface area contributed by atoms with Crippen LogP contribution in [0.3, 0.4) is 0 Å². The van der Waals surface area contributed by atoms with E-state index in [0.29, 0.717) is 12.8 Å². The summed E-state index contributed by atoms with van der Waals surface area (Å²) in [4.78, 5) is 12.1. The van der Waals surface area contributed by atoms with Crippen LogP contribution in [0.2, 0.25) is 0 Å². The summed E-state index contributed by atoms with van der Waals surface area (Å²) in [6, 6.07) is 1.66. The number of benzene rings is 1. The van der Waals surface area contributed by atoms with Gasteiger partial charge < -0.3 is 4.74 Å². The SMILES string of the molecule is CCCCCCCCCCC(CCC)OC(=O)c1ccc(F)c(F)c1F. The van der Waals surface area contributed by atoms with E-state index in [9.17, 15) is 18.0 Å². The Morgan fingerprint density at radius 2 is 1.46 bits per heavy atom. The van der Waals surface area contributed by atoms with Gasteiger partial charge in [0.2, 0.25) is 0 Å². The van der Waals surface area contributed by atoms with Gasteiger partial charge in [0.05, 0.1) is 5.56 Å². The van der Waals surface area contributed by atoms with Gasteiger partial charge in [0.25, 0.3) is 0 Å². The van der Waals surface area contributed by atoms with E-state index < -0.39 is 29.0 Å². The van der Waals surface area contributed by atoms with E-state index in [1.165, 1.54) is 32.1 Å². The molecule has 0 N–H and O–H groups in total. The van der Waals surface area contributed by atoms with Gasteiger partial charge in [-0.25, -0.2) is 18.0 Å². The normalized spacial score (nSPS) is 12.2. The Kier molecular flexibility index (Phi) is 11.1. The summed E-state index contributed by atoms with van der Waals surface area (Å²) in [6.07, 6.45) is 11.4. The zero-order valence-corrected chi connectivity index (χ0v) is 16.0. The number of ether oxygens (including phenoxy) is 1. The summed E-state index contributed by atoms with van der Waals surface area (Å²) in [7, 11) is 0. The van der Waals surface area contributed by atoms with Crippen LogP contribution in [0.25, 0.3) is 0 Å². The largest absolute Gasteiger partial charge is 0.459 e. The van der Waals surface area contributed by atoms with Crippen LogP contribution in [-0.4, -0.2) is 12.1 Å². The molecule has 0 spiro atoms. The topological polar surface area (TPSA) is 26.3 Å². The zero-order valence-electron chi connectivity index (χ0n) is 16.0. The number of hydrogen-bond acceptors (Lipinski definition) is 2. The van der Waals surface area contributed by atoms with Gasteiger partial charge in [-0.1, -0.05) is 65.2 Å². The number of esters is 1. The lowest BCUT2D eigenvalue weighted by Gasteiger charge is -2.17. The quantitative estimate of drug-likeness (QED) is 0.212. The van der Waals surface area contributed by atoms with Gasteiger partial charge in [0, 0.05) is 0 Å². The van der Waals surface area contributed by atoms with Crippen LogP contribution in [-0.2, 0) is 4.74 Å². The van der Waals surface area contributed by atoms with Crippen molar-refractivity contribution in [2.24, 2.45) is 0 Å². The van der Waals surface area contributed by atoms with E-state index >= 15 is 0 Å². The Labute approximate surface area is 155 Å². The molecule has 26 heavy (non-hydrogen) atoms. The highest BCUT2D eigenvalue weighted by Crippen LogP contribution is 2.20. The number of carbonyl (C=O) groups excluding carboxylic acids is 1. The van der Waals surface area contributed by atoms with E-state index in [1.54, 1.807) is 0 Å². The van der Waals surface area contributed by atoms with E-state index in [0.717, 1.165) is 37.8 Å². The van der Waals surface area contributed by atoms with Crippen molar-refractivity contribution in [2.75, 3.05) is 0 Å².